The molecule has 5 unspecified atom stereocenters. The van der Waals surface area contributed by atoms with E-state index >= 15 is 0 Å². The summed E-state index contributed by atoms with van der Waals surface area (Å²) in [6.45, 7) is 5.26. The summed E-state index contributed by atoms with van der Waals surface area (Å²) in [6, 6.07) is 0. The first-order chi connectivity index (χ1) is 8.33. The smallest absolute Gasteiger partial charge is 0.0857 e. The quantitative estimate of drug-likeness (QED) is 0.432. The highest BCUT2D eigenvalue weighted by molar-refractivity contribution is 7.32. The van der Waals surface area contributed by atoms with E-state index in [0.29, 0.717) is 21.0 Å². The standard InChI is InChI=1S/C8H14O.C5H11O2P/c1-2-6-3-4-7-8(5-6)9-7;1-2-5-3-6-7-8-4-5/h6-8H,2-5H2,1H3;5,8H,2-4H2,1H3. The molecule has 3 rings (SSSR count). The highest BCUT2D eigenvalue weighted by Crippen LogP contribution is 2.40. The molecule has 17 heavy (non-hydrogen) atoms. The fourth-order valence-electron chi connectivity index (χ4n) is 2.50. The number of epoxide rings is 1. The van der Waals surface area contributed by atoms with Gasteiger partial charge in [0.2, 0.25) is 0 Å². The normalized spacial score (nSPS) is 41.3. The third kappa shape index (κ3) is 4.48. The molecule has 2 aliphatic heterocycles. The molecule has 0 amide bonds. The predicted octanol–water partition coefficient (Wildman–Crippen LogP) is 3.53. The van der Waals surface area contributed by atoms with E-state index in [0.717, 1.165) is 18.4 Å². The van der Waals surface area contributed by atoms with Crippen molar-refractivity contribution in [2.75, 3.05) is 12.8 Å². The minimum Gasteiger partial charge on any atom is -0.370 e. The summed E-state index contributed by atoms with van der Waals surface area (Å²) in [4.78, 5) is 4.79. The second-order valence-corrected chi connectivity index (χ2v) is 6.15. The van der Waals surface area contributed by atoms with E-state index < -0.39 is 0 Å². The van der Waals surface area contributed by atoms with Crippen LogP contribution in [0, 0.1) is 11.8 Å². The lowest BCUT2D eigenvalue weighted by atomic mass is 9.88. The van der Waals surface area contributed by atoms with E-state index in [-0.39, 0.29) is 0 Å². The van der Waals surface area contributed by atoms with E-state index in [1.165, 1.54) is 38.3 Å². The highest BCUT2D eigenvalue weighted by atomic mass is 31.1. The molecule has 0 aromatic heterocycles. The molecule has 5 atom stereocenters. The molecule has 0 aromatic rings. The van der Waals surface area contributed by atoms with Gasteiger partial charge in [0.05, 0.1) is 27.6 Å². The van der Waals surface area contributed by atoms with Gasteiger partial charge in [-0.15, -0.1) is 0 Å². The maximum Gasteiger partial charge on any atom is 0.0857 e. The number of ether oxygens (including phenoxy) is 1. The molecule has 3 aliphatic rings. The Kier molecular flexibility index (Phi) is 5.68. The summed E-state index contributed by atoms with van der Waals surface area (Å²) in [6.07, 6.45) is 9.23. The number of fused-ring (bicyclic) bond motifs is 1. The molecule has 0 aromatic carbocycles. The topological polar surface area (TPSA) is 31.0 Å². The van der Waals surface area contributed by atoms with Gasteiger partial charge in [0, 0.05) is 0 Å². The maximum absolute atomic E-state index is 5.41. The van der Waals surface area contributed by atoms with Gasteiger partial charge in [-0.25, -0.2) is 9.56 Å². The summed E-state index contributed by atoms with van der Waals surface area (Å²) >= 11 is 0. The Bertz CT molecular complexity index is 219. The molecule has 100 valence electrons. The number of rotatable bonds is 2. The Morgan fingerprint density at radius 2 is 1.88 bits per heavy atom. The first-order valence-electron chi connectivity index (χ1n) is 7.00. The van der Waals surface area contributed by atoms with Gasteiger partial charge < -0.3 is 4.74 Å². The lowest BCUT2D eigenvalue weighted by Crippen LogP contribution is -2.14. The third-order valence-electron chi connectivity index (χ3n) is 4.06. The first kappa shape index (κ1) is 13.7. The summed E-state index contributed by atoms with van der Waals surface area (Å²) in [7, 11) is 0.567. The van der Waals surface area contributed by atoms with Crippen molar-refractivity contribution in [3.63, 3.8) is 0 Å². The van der Waals surface area contributed by atoms with Gasteiger partial charge in [-0.2, -0.15) is 0 Å². The highest BCUT2D eigenvalue weighted by Gasteiger charge is 2.43. The second-order valence-electron chi connectivity index (χ2n) is 5.29. The lowest BCUT2D eigenvalue weighted by molar-refractivity contribution is -0.214. The molecule has 3 nitrogen and oxygen atoms in total. The van der Waals surface area contributed by atoms with Gasteiger partial charge in [-0.3, -0.25) is 0 Å². The zero-order valence-electron chi connectivity index (χ0n) is 11.0. The van der Waals surface area contributed by atoms with E-state index in [9.17, 15) is 0 Å². The summed E-state index contributed by atoms with van der Waals surface area (Å²) < 4.78 is 10.1. The van der Waals surface area contributed by atoms with Gasteiger partial charge in [-0.1, -0.05) is 26.7 Å². The molecule has 0 spiro atoms. The Balaban J connectivity index is 0.000000128. The molecule has 0 radical (unpaired) electrons. The predicted molar refractivity (Wildman–Crippen MR) is 70.3 cm³/mol. The average Bonchev–Trinajstić information content (AvgIpc) is 3.18. The van der Waals surface area contributed by atoms with Crippen LogP contribution in [-0.2, 0) is 14.3 Å². The largest absolute Gasteiger partial charge is 0.370 e. The number of hydrogen-bond donors (Lipinski definition) is 0. The van der Waals surface area contributed by atoms with Gasteiger partial charge >= 0.3 is 0 Å². The minimum atomic E-state index is 0.567. The minimum absolute atomic E-state index is 0.567. The van der Waals surface area contributed by atoms with E-state index in [1.807, 2.05) is 0 Å². The SMILES string of the molecule is CCC1CCC2OC2C1.CCC1COOPC1. The van der Waals surface area contributed by atoms with Crippen molar-refractivity contribution in [3.05, 3.63) is 0 Å². The molecular weight excluding hydrogens is 235 g/mol. The fraction of sp³-hybridized carbons (Fsp3) is 1.00. The van der Waals surface area contributed by atoms with Crippen LogP contribution in [0.5, 0.6) is 0 Å². The Labute approximate surface area is 106 Å². The molecule has 1 aliphatic carbocycles. The van der Waals surface area contributed by atoms with Gasteiger partial charge in [0.1, 0.15) is 0 Å². The van der Waals surface area contributed by atoms with Crippen molar-refractivity contribution in [2.45, 2.75) is 58.2 Å². The van der Waals surface area contributed by atoms with Crippen LogP contribution in [0.2, 0.25) is 0 Å². The van der Waals surface area contributed by atoms with Crippen LogP contribution >= 0.6 is 8.81 Å². The van der Waals surface area contributed by atoms with Crippen LogP contribution in [0.4, 0.5) is 0 Å². The second kappa shape index (κ2) is 7.04. The van der Waals surface area contributed by atoms with Crippen LogP contribution in [0.25, 0.3) is 0 Å². The van der Waals surface area contributed by atoms with Crippen molar-refractivity contribution in [1.29, 1.82) is 0 Å². The van der Waals surface area contributed by atoms with Crippen molar-refractivity contribution in [1.82, 2.24) is 0 Å². The average molecular weight is 260 g/mol. The van der Waals surface area contributed by atoms with Crippen LogP contribution in [0.15, 0.2) is 0 Å². The molecule has 0 N–H and O–H groups in total. The van der Waals surface area contributed by atoms with Crippen LogP contribution in [0.3, 0.4) is 0 Å². The molecule has 4 heteroatoms. The molecule has 0 bridgehead atoms. The zero-order valence-corrected chi connectivity index (χ0v) is 12.0. The van der Waals surface area contributed by atoms with E-state index in [1.54, 1.807) is 0 Å². The maximum atomic E-state index is 5.41. The van der Waals surface area contributed by atoms with E-state index in [4.69, 9.17) is 14.3 Å². The summed E-state index contributed by atoms with van der Waals surface area (Å²) in [5.74, 6) is 1.73. The summed E-state index contributed by atoms with van der Waals surface area (Å²) in [5, 5.41) is 0. The van der Waals surface area contributed by atoms with Gasteiger partial charge in [-0.05, 0) is 37.3 Å². The number of hydrogen-bond acceptors (Lipinski definition) is 3. The Morgan fingerprint density at radius 3 is 2.41 bits per heavy atom. The van der Waals surface area contributed by atoms with Crippen LogP contribution < -0.4 is 0 Å². The molecule has 2 heterocycles. The monoisotopic (exact) mass is 260 g/mol. The molecule has 1 saturated carbocycles. The van der Waals surface area contributed by atoms with Gasteiger partial charge in [0.25, 0.3) is 0 Å². The summed E-state index contributed by atoms with van der Waals surface area (Å²) in [5.41, 5.74) is 0. The zero-order chi connectivity index (χ0) is 12.1. The Hall–Kier alpha value is 0.310. The van der Waals surface area contributed by atoms with Crippen molar-refractivity contribution >= 4 is 8.81 Å². The third-order valence-corrected chi connectivity index (χ3v) is 5.04. The molecular formula is C13H25O3P. The van der Waals surface area contributed by atoms with Crippen LogP contribution in [0.1, 0.15) is 46.0 Å². The van der Waals surface area contributed by atoms with E-state index in [2.05, 4.69) is 13.8 Å². The van der Waals surface area contributed by atoms with Gasteiger partial charge in [0.15, 0.2) is 0 Å². The molecule has 3 fully saturated rings. The van der Waals surface area contributed by atoms with Crippen molar-refractivity contribution < 1.29 is 14.3 Å². The first-order valence-corrected chi connectivity index (χ1v) is 8.11. The van der Waals surface area contributed by atoms with Crippen molar-refractivity contribution in [3.8, 4) is 0 Å². The van der Waals surface area contributed by atoms with Crippen molar-refractivity contribution in [2.24, 2.45) is 11.8 Å². The Morgan fingerprint density at radius 1 is 1.06 bits per heavy atom. The lowest BCUT2D eigenvalue weighted by Gasteiger charge is -2.18. The molecule has 2 saturated heterocycles. The van der Waals surface area contributed by atoms with Crippen LogP contribution in [-0.4, -0.2) is 25.0 Å². The fourth-order valence-corrected chi connectivity index (χ4v) is 3.36.